The van der Waals surface area contributed by atoms with Gasteiger partial charge in [0.05, 0.1) is 0 Å². The van der Waals surface area contributed by atoms with Crippen LogP contribution in [0.2, 0.25) is 0 Å². The van der Waals surface area contributed by atoms with E-state index in [0.29, 0.717) is 23.9 Å². The first-order valence-corrected chi connectivity index (χ1v) is 6.63. The molecule has 0 rings (SSSR count). The third-order valence-corrected chi connectivity index (χ3v) is 3.53. The molecule has 0 fully saturated rings. The zero-order valence-corrected chi connectivity index (χ0v) is 12.4. The molecule has 100 valence electrons. The molecule has 0 aliphatic heterocycles. The number of nitrogens with one attached hydrogen (secondary N) is 2. The first kappa shape index (κ1) is 16.2. The van der Waals surface area contributed by atoms with Crippen LogP contribution in [0.15, 0.2) is 24.4 Å². The number of likely N-dealkylation sites (N-methyl/N-ethyl adjacent to an activating group) is 1. The van der Waals surface area contributed by atoms with Crippen molar-refractivity contribution in [2.75, 3.05) is 7.05 Å². The Kier molecular flexibility index (Phi) is 7.21. The van der Waals surface area contributed by atoms with Gasteiger partial charge in [0.25, 0.3) is 0 Å². The standard InChI is InChI=1S/C15H30N2/c1-9-14(10(2)3)15(11(4)5)17-13(7)12(6)16-8/h11-12,14-17H,2,7,9H2,1,3-6,8H3. The molecule has 0 aromatic heterocycles. The molecule has 3 unspecified atom stereocenters. The van der Waals surface area contributed by atoms with Gasteiger partial charge in [0.2, 0.25) is 0 Å². The van der Waals surface area contributed by atoms with E-state index < -0.39 is 0 Å². The van der Waals surface area contributed by atoms with E-state index >= 15 is 0 Å². The topological polar surface area (TPSA) is 24.1 Å². The highest BCUT2D eigenvalue weighted by molar-refractivity contribution is 5.08. The molecule has 3 atom stereocenters. The van der Waals surface area contributed by atoms with E-state index in [4.69, 9.17) is 0 Å². The molecule has 0 aliphatic rings. The van der Waals surface area contributed by atoms with Crippen LogP contribution in [0, 0.1) is 11.8 Å². The van der Waals surface area contributed by atoms with Crippen LogP contribution in [0.4, 0.5) is 0 Å². The molecule has 0 saturated carbocycles. The van der Waals surface area contributed by atoms with Gasteiger partial charge in [-0.2, -0.15) is 0 Å². The monoisotopic (exact) mass is 238 g/mol. The maximum absolute atomic E-state index is 4.12. The van der Waals surface area contributed by atoms with Crippen molar-refractivity contribution in [2.45, 2.75) is 53.1 Å². The van der Waals surface area contributed by atoms with Gasteiger partial charge in [-0.15, -0.1) is 0 Å². The van der Waals surface area contributed by atoms with Crippen molar-refractivity contribution >= 4 is 0 Å². The van der Waals surface area contributed by atoms with Crippen molar-refractivity contribution in [1.29, 1.82) is 0 Å². The molecule has 17 heavy (non-hydrogen) atoms. The summed E-state index contributed by atoms with van der Waals surface area (Å²) in [4.78, 5) is 0. The summed E-state index contributed by atoms with van der Waals surface area (Å²) in [6.45, 7) is 19.2. The van der Waals surface area contributed by atoms with Crippen molar-refractivity contribution in [3.8, 4) is 0 Å². The summed E-state index contributed by atoms with van der Waals surface area (Å²) in [5.74, 6) is 1.08. The lowest BCUT2D eigenvalue weighted by Crippen LogP contribution is -2.44. The van der Waals surface area contributed by atoms with Gasteiger partial charge >= 0.3 is 0 Å². The first-order chi connectivity index (χ1) is 7.84. The normalized spacial score (nSPS) is 16.4. The molecular weight excluding hydrogens is 208 g/mol. The highest BCUT2D eigenvalue weighted by Gasteiger charge is 2.24. The van der Waals surface area contributed by atoms with Gasteiger partial charge in [0.15, 0.2) is 0 Å². The van der Waals surface area contributed by atoms with Crippen LogP contribution in [-0.4, -0.2) is 19.1 Å². The van der Waals surface area contributed by atoms with E-state index in [1.807, 2.05) is 7.05 Å². The number of hydrogen-bond acceptors (Lipinski definition) is 2. The Balaban J connectivity index is 4.75. The number of rotatable bonds is 8. The van der Waals surface area contributed by atoms with Gasteiger partial charge in [-0.25, -0.2) is 0 Å². The van der Waals surface area contributed by atoms with Gasteiger partial charge in [-0.1, -0.05) is 39.5 Å². The summed E-state index contributed by atoms with van der Waals surface area (Å²) in [5.41, 5.74) is 2.31. The average Bonchev–Trinajstić information content (AvgIpc) is 2.26. The third kappa shape index (κ3) is 4.95. The Morgan fingerprint density at radius 2 is 1.71 bits per heavy atom. The lowest BCUT2D eigenvalue weighted by molar-refractivity contribution is 0.319. The fourth-order valence-corrected chi connectivity index (χ4v) is 2.15. The van der Waals surface area contributed by atoms with E-state index in [9.17, 15) is 0 Å². The first-order valence-electron chi connectivity index (χ1n) is 6.63. The van der Waals surface area contributed by atoms with Crippen molar-refractivity contribution in [1.82, 2.24) is 10.6 Å². The highest BCUT2D eigenvalue weighted by Crippen LogP contribution is 2.23. The molecular formula is C15H30N2. The van der Waals surface area contributed by atoms with Crippen LogP contribution in [-0.2, 0) is 0 Å². The molecule has 0 saturated heterocycles. The minimum atomic E-state index is 0.291. The lowest BCUT2D eigenvalue weighted by Gasteiger charge is -2.33. The third-order valence-electron chi connectivity index (χ3n) is 3.53. The minimum absolute atomic E-state index is 0.291. The number of hydrogen-bond donors (Lipinski definition) is 2. The van der Waals surface area contributed by atoms with Crippen LogP contribution < -0.4 is 10.6 Å². The van der Waals surface area contributed by atoms with E-state index in [1.165, 1.54) is 5.57 Å². The fourth-order valence-electron chi connectivity index (χ4n) is 2.15. The quantitative estimate of drug-likeness (QED) is 0.634. The summed E-state index contributed by atoms with van der Waals surface area (Å²) < 4.78 is 0. The van der Waals surface area contributed by atoms with Crippen LogP contribution in [0.5, 0.6) is 0 Å². The van der Waals surface area contributed by atoms with Crippen LogP contribution >= 0.6 is 0 Å². The zero-order valence-electron chi connectivity index (χ0n) is 12.4. The molecule has 2 N–H and O–H groups in total. The molecule has 0 bridgehead atoms. The predicted molar refractivity (Wildman–Crippen MR) is 78.0 cm³/mol. The Morgan fingerprint density at radius 3 is 2.00 bits per heavy atom. The van der Waals surface area contributed by atoms with Crippen molar-refractivity contribution in [2.24, 2.45) is 11.8 Å². The molecule has 0 aromatic rings. The van der Waals surface area contributed by atoms with Gasteiger partial charge in [-0.05, 0) is 39.2 Å². The van der Waals surface area contributed by atoms with Crippen LogP contribution in [0.25, 0.3) is 0 Å². The highest BCUT2D eigenvalue weighted by atomic mass is 15.0. The molecule has 0 radical (unpaired) electrons. The van der Waals surface area contributed by atoms with Crippen LogP contribution in [0.1, 0.15) is 41.0 Å². The van der Waals surface area contributed by atoms with Gasteiger partial charge < -0.3 is 10.6 Å². The Hall–Kier alpha value is -0.760. The average molecular weight is 238 g/mol. The van der Waals surface area contributed by atoms with Gasteiger partial charge in [0, 0.05) is 17.8 Å². The summed E-state index contributed by atoms with van der Waals surface area (Å²) in [7, 11) is 1.96. The molecule has 0 amide bonds. The second kappa shape index (κ2) is 7.54. The Bertz CT molecular complexity index is 256. The van der Waals surface area contributed by atoms with Crippen molar-refractivity contribution in [3.63, 3.8) is 0 Å². The molecule has 2 nitrogen and oxygen atoms in total. The second-order valence-corrected chi connectivity index (χ2v) is 5.31. The largest absolute Gasteiger partial charge is 0.384 e. The molecule has 0 aliphatic carbocycles. The van der Waals surface area contributed by atoms with E-state index in [0.717, 1.165) is 12.1 Å². The summed E-state index contributed by atoms with van der Waals surface area (Å²) in [6, 6.07) is 0.708. The lowest BCUT2D eigenvalue weighted by atomic mass is 9.84. The Labute approximate surface area is 108 Å². The second-order valence-electron chi connectivity index (χ2n) is 5.31. The predicted octanol–water partition coefficient (Wildman–Crippen LogP) is 3.32. The van der Waals surface area contributed by atoms with Gasteiger partial charge in [0.1, 0.15) is 0 Å². The molecule has 2 heteroatoms. The fraction of sp³-hybridized carbons (Fsp3) is 0.733. The summed E-state index contributed by atoms with van der Waals surface area (Å²) in [5, 5.41) is 6.79. The van der Waals surface area contributed by atoms with Crippen LogP contribution in [0.3, 0.4) is 0 Å². The zero-order chi connectivity index (χ0) is 13.6. The van der Waals surface area contributed by atoms with Gasteiger partial charge in [-0.3, -0.25) is 0 Å². The minimum Gasteiger partial charge on any atom is -0.384 e. The van der Waals surface area contributed by atoms with E-state index in [2.05, 4.69) is 58.4 Å². The smallest absolute Gasteiger partial charge is 0.0432 e. The summed E-state index contributed by atoms with van der Waals surface area (Å²) >= 11 is 0. The van der Waals surface area contributed by atoms with Crippen molar-refractivity contribution < 1.29 is 0 Å². The molecule has 0 spiro atoms. The maximum atomic E-state index is 4.12. The van der Waals surface area contributed by atoms with E-state index in [-0.39, 0.29) is 0 Å². The van der Waals surface area contributed by atoms with Crippen molar-refractivity contribution in [3.05, 3.63) is 24.4 Å². The summed E-state index contributed by atoms with van der Waals surface area (Å²) in [6.07, 6.45) is 1.12. The molecule has 0 heterocycles. The Morgan fingerprint density at radius 1 is 1.18 bits per heavy atom. The molecule has 0 aromatic carbocycles. The SMILES string of the molecule is C=C(NC(C(C)C)C(CC)C(=C)C)C(C)NC. The van der Waals surface area contributed by atoms with E-state index in [1.54, 1.807) is 0 Å². The maximum Gasteiger partial charge on any atom is 0.0432 e.